The number of fused-ring (bicyclic) bond motifs is 1. The normalized spacial score (nSPS) is 41.4. The first kappa shape index (κ1) is 10.2. The molecule has 0 bridgehead atoms. The fourth-order valence-corrected chi connectivity index (χ4v) is 3.04. The molecule has 2 atom stereocenters. The molecule has 3 heteroatoms. The maximum Gasteiger partial charge on any atom is 0.346 e. The third-order valence-electron chi connectivity index (χ3n) is 4.57. The Morgan fingerprint density at radius 1 is 1.33 bits per heavy atom. The van der Waals surface area contributed by atoms with E-state index >= 15 is 0 Å². The van der Waals surface area contributed by atoms with Crippen molar-refractivity contribution in [1.82, 2.24) is 0 Å². The first-order valence-corrected chi connectivity index (χ1v) is 5.27. The maximum absolute atomic E-state index is 10.9. The molecule has 0 spiro atoms. The molecule has 15 heavy (non-hydrogen) atoms. The Morgan fingerprint density at radius 3 is 2.07 bits per heavy atom. The van der Waals surface area contributed by atoms with Crippen molar-refractivity contribution in [3.8, 4) is 6.07 Å². The first-order chi connectivity index (χ1) is 6.92. The molecular formula is C12H15NO2. The number of allylic oxidation sites excluding steroid dienone is 1. The number of rotatable bonds is 1. The standard InChI is InChI=1S/C12H15NO2/c1-11-3-4-12(11,2)6-8(5-11)9(7-13)10(14)15/h3-6H2,1-2H3,(H,14,15)/t11-,12+. The summed E-state index contributed by atoms with van der Waals surface area (Å²) >= 11 is 0. The summed E-state index contributed by atoms with van der Waals surface area (Å²) in [5.41, 5.74) is 1.30. The van der Waals surface area contributed by atoms with Crippen molar-refractivity contribution in [3.05, 3.63) is 11.1 Å². The molecule has 3 nitrogen and oxygen atoms in total. The fraction of sp³-hybridized carbons (Fsp3) is 0.667. The van der Waals surface area contributed by atoms with Crippen molar-refractivity contribution in [2.45, 2.75) is 39.5 Å². The number of aliphatic carboxylic acids is 1. The Hall–Kier alpha value is -1.30. The van der Waals surface area contributed by atoms with Crippen molar-refractivity contribution in [2.75, 3.05) is 0 Å². The molecule has 0 heterocycles. The summed E-state index contributed by atoms with van der Waals surface area (Å²) in [5, 5.41) is 17.7. The minimum absolute atomic E-state index is 0.0214. The van der Waals surface area contributed by atoms with Gasteiger partial charge in [-0.1, -0.05) is 13.8 Å². The van der Waals surface area contributed by atoms with Crippen LogP contribution >= 0.6 is 0 Å². The Bertz CT molecular complexity index is 384. The summed E-state index contributed by atoms with van der Waals surface area (Å²) in [5.74, 6) is -1.07. The minimum atomic E-state index is -1.07. The van der Waals surface area contributed by atoms with Crippen LogP contribution in [0.5, 0.6) is 0 Å². The van der Waals surface area contributed by atoms with Crippen LogP contribution in [0.25, 0.3) is 0 Å². The number of hydrogen-bond acceptors (Lipinski definition) is 2. The highest BCUT2D eigenvalue weighted by atomic mass is 16.4. The van der Waals surface area contributed by atoms with E-state index in [0.717, 1.165) is 31.3 Å². The highest BCUT2D eigenvalue weighted by Gasteiger charge is 2.57. The zero-order chi connectivity index (χ0) is 11.3. The van der Waals surface area contributed by atoms with Gasteiger partial charge in [0.25, 0.3) is 0 Å². The van der Waals surface area contributed by atoms with E-state index in [9.17, 15) is 4.79 Å². The number of carboxylic acids is 1. The smallest absolute Gasteiger partial charge is 0.346 e. The lowest BCUT2D eigenvalue weighted by molar-refractivity contribution is -0.132. The van der Waals surface area contributed by atoms with E-state index in [1.54, 1.807) is 0 Å². The Kier molecular flexibility index (Phi) is 1.94. The summed E-state index contributed by atoms with van der Waals surface area (Å²) in [4.78, 5) is 10.9. The predicted octanol–water partition coefficient (Wildman–Crippen LogP) is 2.49. The van der Waals surface area contributed by atoms with Gasteiger partial charge >= 0.3 is 5.97 Å². The van der Waals surface area contributed by atoms with Crippen LogP contribution in [0.3, 0.4) is 0 Å². The molecule has 0 aliphatic heterocycles. The van der Waals surface area contributed by atoms with E-state index in [2.05, 4.69) is 13.8 Å². The highest BCUT2D eigenvalue weighted by molar-refractivity contribution is 5.92. The van der Waals surface area contributed by atoms with Crippen molar-refractivity contribution in [1.29, 1.82) is 5.26 Å². The average Bonchev–Trinajstić information content (AvgIpc) is 2.30. The monoisotopic (exact) mass is 205 g/mol. The van der Waals surface area contributed by atoms with Crippen molar-refractivity contribution >= 4 is 5.97 Å². The molecule has 0 aromatic heterocycles. The lowest BCUT2D eigenvalue weighted by Gasteiger charge is -2.51. The largest absolute Gasteiger partial charge is 0.477 e. The number of hydrogen-bond donors (Lipinski definition) is 1. The van der Waals surface area contributed by atoms with Crippen LogP contribution < -0.4 is 0 Å². The van der Waals surface area contributed by atoms with Gasteiger partial charge in [0.2, 0.25) is 0 Å². The van der Waals surface area contributed by atoms with Crippen molar-refractivity contribution in [2.24, 2.45) is 10.8 Å². The number of nitriles is 1. The summed E-state index contributed by atoms with van der Waals surface area (Å²) in [6, 6.07) is 1.83. The van der Waals surface area contributed by atoms with Gasteiger partial charge < -0.3 is 5.11 Å². The van der Waals surface area contributed by atoms with Crippen LogP contribution in [0.2, 0.25) is 0 Å². The van der Waals surface area contributed by atoms with Crippen LogP contribution in [-0.2, 0) is 4.79 Å². The number of carbonyl (C=O) groups is 1. The molecule has 0 saturated heterocycles. The zero-order valence-electron chi connectivity index (χ0n) is 9.13. The Balaban J connectivity index is 2.38. The highest BCUT2D eigenvalue weighted by Crippen LogP contribution is 2.67. The second-order valence-electron chi connectivity index (χ2n) is 5.37. The van der Waals surface area contributed by atoms with Gasteiger partial charge in [-0.05, 0) is 42.1 Å². The van der Waals surface area contributed by atoms with Gasteiger partial charge in [-0.15, -0.1) is 0 Å². The third kappa shape index (κ3) is 1.21. The van der Waals surface area contributed by atoms with Crippen LogP contribution in [0.4, 0.5) is 0 Å². The van der Waals surface area contributed by atoms with E-state index in [1.807, 2.05) is 6.07 Å². The van der Waals surface area contributed by atoms with E-state index in [0.29, 0.717) is 0 Å². The lowest BCUT2D eigenvalue weighted by Crippen LogP contribution is -2.42. The van der Waals surface area contributed by atoms with Gasteiger partial charge in [0.15, 0.2) is 0 Å². The van der Waals surface area contributed by atoms with E-state index in [-0.39, 0.29) is 16.4 Å². The molecule has 0 aromatic rings. The molecule has 2 aliphatic carbocycles. The van der Waals surface area contributed by atoms with Crippen molar-refractivity contribution < 1.29 is 9.90 Å². The average molecular weight is 205 g/mol. The second kappa shape index (κ2) is 2.85. The molecule has 2 fully saturated rings. The number of carboxylic acid groups (broad SMARTS) is 1. The third-order valence-corrected chi connectivity index (χ3v) is 4.57. The first-order valence-electron chi connectivity index (χ1n) is 5.27. The number of nitrogens with zero attached hydrogens (tertiary/aromatic N) is 1. The van der Waals surface area contributed by atoms with E-state index in [4.69, 9.17) is 10.4 Å². The van der Waals surface area contributed by atoms with Gasteiger partial charge in [0.1, 0.15) is 11.6 Å². The molecule has 2 aliphatic rings. The molecule has 0 amide bonds. The molecule has 0 aromatic carbocycles. The van der Waals surface area contributed by atoms with E-state index in [1.165, 1.54) is 0 Å². The fourth-order valence-electron chi connectivity index (χ4n) is 3.04. The molecule has 0 radical (unpaired) electrons. The molecule has 80 valence electrons. The Morgan fingerprint density at radius 2 is 1.80 bits per heavy atom. The summed E-state index contributed by atoms with van der Waals surface area (Å²) in [6.07, 6.45) is 3.90. The molecule has 2 rings (SSSR count). The predicted molar refractivity (Wildman–Crippen MR) is 55.0 cm³/mol. The van der Waals surface area contributed by atoms with Crippen LogP contribution in [0.1, 0.15) is 39.5 Å². The zero-order valence-corrected chi connectivity index (χ0v) is 9.13. The van der Waals surface area contributed by atoms with E-state index < -0.39 is 5.97 Å². The van der Waals surface area contributed by atoms with Gasteiger partial charge in [-0.3, -0.25) is 0 Å². The minimum Gasteiger partial charge on any atom is -0.477 e. The summed E-state index contributed by atoms with van der Waals surface area (Å²) < 4.78 is 0. The SMILES string of the molecule is C[C@@]12CC[C@]1(C)CC(=C(C#N)C(=O)O)C2. The van der Waals surface area contributed by atoms with Gasteiger partial charge in [-0.25, -0.2) is 4.79 Å². The second-order valence-corrected chi connectivity index (χ2v) is 5.37. The quantitative estimate of drug-likeness (QED) is 0.528. The molecule has 2 saturated carbocycles. The van der Waals surface area contributed by atoms with Crippen LogP contribution in [-0.4, -0.2) is 11.1 Å². The van der Waals surface area contributed by atoms with Crippen LogP contribution in [0, 0.1) is 22.2 Å². The molecular weight excluding hydrogens is 190 g/mol. The van der Waals surface area contributed by atoms with Gasteiger partial charge in [0, 0.05) is 0 Å². The topological polar surface area (TPSA) is 61.1 Å². The van der Waals surface area contributed by atoms with Gasteiger partial charge in [0.05, 0.1) is 0 Å². The molecule has 1 N–H and O–H groups in total. The molecule has 0 unspecified atom stereocenters. The lowest BCUT2D eigenvalue weighted by atomic mass is 9.53. The summed E-state index contributed by atoms with van der Waals surface area (Å²) in [6.45, 7) is 4.42. The van der Waals surface area contributed by atoms with Crippen LogP contribution in [0.15, 0.2) is 11.1 Å². The Labute approximate surface area is 89.4 Å². The maximum atomic E-state index is 10.9. The summed E-state index contributed by atoms with van der Waals surface area (Å²) in [7, 11) is 0. The van der Waals surface area contributed by atoms with Crippen molar-refractivity contribution in [3.63, 3.8) is 0 Å². The van der Waals surface area contributed by atoms with Gasteiger partial charge in [-0.2, -0.15) is 5.26 Å².